The van der Waals surface area contributed by atoms with Crippen molar-refractivity contribution in [2.45, 2.75) is 52.5 Å². The van der Waals surface area contributed by atoms with Gasteiger partial charge in [-0.1, -0.05) is 25.8 Å². The molecular formula is C29H38F3N3O. The van der Waals surface area contributed by atoms with E-state index >= 15 is 0 Å². The number of rotatable bonds is 7. The first-order valence-corrected chi connectivity index (χ1v) is 12.9. The molecule has 36 heavy (non-hydrogen) atoms. The maximum absolute atomic E-state index is 13.9. The number of nitrogens with one attached hydrogen (secondary N) is 1. The zero-order chi connectivity index (χ0) is 26.1. The molecule has 0 bridgehead atoms. The molecule has 2 aromatic rings. The number of nitrogens with zero attached hydrogens (tertiary/aromatic N) is 2. The first kappa shape index (κ1) is 27.8. The van der Waals surface area contributed by atoms with E-state index in [1.165, 1.54) is 31.7 Å². The van der Waals surface area contributed by atoms with Gasteiger partial charge in [0, 0.05) is 56.7 Å². The fourth-order valence-corrected chi connectivity index (χ4v) is 5.13. The van der Waals surface area contributed by atoms with Gasteiger partial charge in [-0.3, -0.25) is 9.69 Å². The summed E-state index contributed by atoms with van der Waals surface area (Å²) in [5.41, 5.74) is 4.90. The van der Waals surface area contributed by atoms with Crippen molar-refractivity contribution in [1.82, 2.24) is 9.80 Å². The van der Waals surface area contributed by atoms with Crippen LogP contribution in [0.3, 0.4) is 0 Å². The van der Waals surface area contributed by atoms with E-state index in [-0.39, 0.29) is 11.4 Å². The van der Waals surface area contributed by atoms with Gasteiger partial charge in [-0.2, -0.15) is 0 Å². The van der Waals surface area contributed by atoms with E-state index in [4.69, 9.17) is 0 Å². The normalized spacial score (nSPS) is 17.1. The van der Waals surface area contributed by atoms with Crippen molar-refractivity contribution in [3.8, 4) is 0 Å². The summed E-state index contributed by atoms with van der Waals surface area (Å²) in [6.07, 6.45) is 9.55. The highest BCUT2D eigenvalue weighted by atomic mass is 19.2. The second-order valence-corrected chi connectivity index (χ2v) is 9.56. The molecule has 2 aliphatic rings. The lowest BCUT2D eigenvalue weighted by atomic mass is 10.0. The number of piperazine rings is 1. The minimum atomic E-state index is -0.996. The van der Waals surface area contributed by atoms with Gasteiger partial charge in [-0.05, 0) is 73.6 Å². The third kappa shape index (κ3) is 7.36. The van der Waals surface area contributed by atoms with Gasteiger partial charge in [-0.15, -0.1) is 0 Å². The molecule has 2 fully saturated rings. The van der Waals surface area contributed by atoms with Crippen LogP contribution < -0.4 is 5.32 Å². The summed E-state index contributed by atoms with van der Waals surface area (Å²) < 4.78 is 38.3. The Morgan fingerprint density at radius 2 is 1.72 bits per heavy atom. The minimum absolute atomic E-state index is 0.138. The lowest BCUT2D eigenvalue weighted by Gasteiger charge is -2.39. The molecule has 0 amide bonds. The Bertz CT molecular complexity index is 1040. The molecule has 2 aromatic carbocycles. The summed E-state index contributed by atoms with van der Waals surface area (Å²) >= 11 is 0. The summed E-state index contributed by atoms with van der Waals surface area (Å²) in [7, 11) is 1.86. The third-order valence-electron chi connectivity index (χ3n) is 7.15. The number of carbonyl (C=O) groups is 1. The zero-order valence-corrected chi connectivity index (χ0v) is 21.6. The lowest BCUT2D eigenvalue weighted by Crippen LogP contribution is -2.46. The first-order valence-electron chi connectivity index (χ1n) is 12.9. The van der Waals surface area contributed by atoms with Gasteiger partial charge >= 0.3 is 0 Å². The highest BCUT2D eigenvalue weighted by molar-refractivity contribution is 5.74. The predicted molar refractivity (Wildman–Crippen MR) is 140 cm³/mol. The number of hydrogen-bond acceptors (Lipinski definition) is 4. The van der Waals surface area contributed by atoms with Crippen molar-refractivity contribution < 1.29 is 18.0 Å². The van der Waals surface area contributed by atoms with Crippen LogP contribution in [0.4, 0.5) is 18.9 Å². The van der Waals surface area contributed by atoms with Gasteiger partial charge in [-0.25, -0.2) is 13.2 Å². The molecule has 0 aromatic heterocycles. The molecular weight excluding hydrogens is 463 g/mol. The maximum Gasteiger partial charge on any atom is 0.159 e. The number of anilines is 1. The Kier molecular flexibility index (Phi) is 10.4. The molecule has 0 radical (unpaired) electrons. The van der Waals surface area contributed by atoms with Gasteiger partial charge in [0.15, 0.2) is 11.6 Å². The molecule has 1 aliphatic heterocycles. The van der Waals surface area contributed by atoms with Crippen molar-refractivity contribution in [2.75, 3.05) is 38.5 Å². The number of carbonyl (C=O) groups excluding carboxylic acids is 1. The standard InChI is InChI=1S/C22H34FN3.C7H4F2O/c1-4-7-22(18-8-5-6-9-18)26-12-10-25(11-13-26)16-19-14-20(23)15-21(24-3)17(19)2;8-6-2-1-5(4-10)3-7(6)9/h7,14-15,18,24H,4-6,8-13,16H2,1-3H3;1-4H/b22-7-;. The number of allylic oxidation sites excluding steroid dienone is 2. The molecule has 1 saturated carbocycles. The van der Waals surface area contributed by atoms with Gasteiger partial charge < -0.3 is 10.2 Å². The Hall–Kier alpha value is -2.80. The smallest absolute Gasteiger partial charge is 0.159 e. The highest BCUT2D eigenvalue weighted by Gasteiger charge is 2.26. The molecule has 1 aliphatic carbocycles. The Morgan fingerprint density at radius 1 is 1.03 bits per heavy atom. The molecule has 0 spiro atoms. The lowest BCUT2D eigenvalue weighted by molar-refractivity contribution is 0.112. The molecule has 0 unspecified atom stereocenters. The molecule has 1 N–H and O–H groups in total. The molecule has 0 atom stereocenters. The number of hydrogen-bond donors (Lipinski definition) is 1. The van der Waals surface area contributed by atoms with Crippen LogP contribution in [-0.2, 0) is 6.54 Å². The van der Waals surface area contributed by atoms with Crippen LogP contribution in [0.2, 0.25) is 0 Å². The average Bonchev–Trinajstić information content (AvgIpc) is 3.42. The second-order valence-electron chi connectivity index (χ2n) is 9.56. The molecule has 7 heteroatoms. The fraction of sp³-hybridized carbons (Fsp3) is 0.483. The van der Waals surface area contributed by atoms with Crippen molar-refractivity contribution >= 4 is 12.0 Å². The summed E-state index contributed by atoms with van der Waals surface area (Å²) in [4.78, 5) is 15.1. The molecule has 196 valence electrons. The summed E-state index contributed by atoms with van der Waals surface area (Å²) in [6, 6.07) is 6.26. The zero-order valence-electron chi connectivity index (χ0n) is 21.6. The quantitative estimate of drug-likeness (QED) is 0.436. The van der Waals surface area contributed by atoms with Crippen LogP contribution in [0.5, 0.6) is 0 Å². The van der Waals surface area contributed by atoms with Crippen molar-refractivity contribution in [1.29, 1.82) is 0 Å². The maximum atomic E-state index is 13.9. The average molecular weight is 502 g/mol. The van der Waals surface area contributed by atoms with Crippen LogP contribution in [0, 0.1) is 30.3 Å². The summed E-state index contributed by atoms with van der Waals surface area (Å²) in [5.74, 6) is -1.30. The van der Waals surface area contributed by atoms with Crippen LogP contribution >= 0.6 is 0 Å². The minimum Gasteiger partial charge on any atom is -0.388 e. The van der Waals surface area contributed by atoms with E-state index in [9.17, 15) is 18.0 Å². The Balaban J connectivity index is 0.000000303. The third-order valence-corrected chi connectivity index (χ3v) is 7.15. The van der Waals surface area contributed by atoms with Gasteiger partial charge in [0.25, 0.3) is 0 Å². The van der Waals surface area contributed by atoms with E-state index in [0.29, 0.717) is 6.29 Å². The molecule has 1 saturated heterocycles. The van der Waals surface area contributed by atoms with Crippen LogP contribution in [-0.4, -0.2) is 49.3 Å². The largest absolute Gasteiger partial charge is 0.388 e. The van der Waals surface area contributed by atoms with E-state index in [1.807, 2.05) is 7.05 Å². The number of halogens is 3. The van der Waals surface area contributed by atoms with E-state index in [0.717, 1.165) is 74.0 Å². The van der Waals surface area contributed by atoms with Gasteiger partial charge in [0.2, 0.25) is 0 Å². The highest BCUT2D eigenvalue weighted by Crippen LogP contribution is 2.34. The SMILES string of the molecule is CC/C=C(/C1CCCC1)N1CCN(Cc2cc(F)cc(NC)c2C)CC1.O=Cc1ccc(F)c(F)c1. The summed E-state index contributed by atoms with van der Waals surface area (Å²) in [6.45, 7) is 9.46. The van der Waals surface area contributed by atoms with E-state index in [2.05, 4.69) is 35.0 Å². The van der Waals surface area contributed by atoms with Crippen LogP contribution in [0.1, 0.15) is 60.5 Å². The molecule has 4 nitrogen and oxygen atoms in total. The number of aldehydes is 1. The topological polar surface area (TPSA) is 35.6 Å². The van der Waals surface area contributed by atoms with E-state index < -0.39 is 11.6 Å². The van der Waals surface area contributed by atoms with Crippen LogP contribution in [0.15, 0.2) is 42.1 Å². The predicted octanol–water partition coefficient (Wildman–Crippen LogP) is 6.55. The number of benzene rings is 2. The molecule has 4 rings (SSSR count). The second kappa shape index (κ2) is 13.5. The monoisotopic (exact) mass is 501 g/mol. The van der Waals surface area contributed by atoms with Crippen molar-refractivity contribution in [3.05, 3.63) is 76.2 Å². The van der Waals surface area contributed by atoms with Gasteiger partial charge in [0.05, 0.1) is 0 Å². The van der Waals surface area contributed by atoms with Gasteiger partial charge in [0.1, 0.15) is 12.1 Å². The van der Waals surface area contributed by atoms with Crippen molar-refractivity contribution in [3.63, 3.8) is 0 Å². The van der Waals surface area contributed by atoms with E-state index in [1.54, 1.807) is 17.8 Å². The molecule has 1 heterocycles. The fourth-order valence-electron chi connectivity index (χ4n) is 5.13. The van der Waals surface area contributed by atoms with Crippen LogP contribution in [0.25, 0.3) is 0 Å². The Morgan fingerprint density at radius 3 is 2.31 bits per heavy atom. The Labute approximate surface area is 213 Å². The first-order chi connectivity index (χ1) is 17.4. The summed E-state index contributed by atoms with van der Waals surface area (Å²) in [5, 5.41) is 3.11. The van der Waals surface area contributed by atoms with Crippen molar-refractivity contribution in [2.24, 2.45) is 5.92 Å².